The average Bonchev–Trinajstić information content (AvgIpc) is 3.04. The number of carbonyl (C=O) groups excluding carboxylic acids is 2. The summed E-state index contributed by atoms with van der Waals surface area (Å²) in [6.07, 6.45) is 1.36. The van der Waals surface area contributed by atoms with Crippen LogP contribution in [0.1, 0.15) is 31.2 Å². The quantitative estimate of drug-likeness (QED) is 0.902. The molecule has 1 aromatic rings. The highest BCUT2D eigenvalue weighted by Crippen LogP contribution is 2.47. The molecule has 3 heterocycles. The Kier molecular flexibility index (Phi) is 3.24. The van der Waals surface area contributed by atoms with E-state index in [-0.39, 0.29) is 22.7 Å². The average molecular weight is 295 g/mol. The number of aromatic nitrogens is 1. The lowest BCUT2D eigenvalue weighted by atomic mass is 10.2. The van der Waals surface area contributed by atoms with Crippen molar-refractivity contribution in [3.8, 4) is 0 Å². The second kappa shape index (κ2) is 4.80. The maximum absolute atomic E-state index is 12.3. The second-order valence-electron chi connectivity index (χ2n) is 5.42. The van der Waals surface area contributed by atoms with Crippen LogP contribution in [0.4, 0.5) is 0 Å². The highest BCUT2D eigenvalue weighted by atomic mass is 32.2. The molecule has 2 aliphatic rings. The number of hydrogen-bond acceptors (Lipinski definition) is 5. The van der Waals surface area contributed by atoms with Crippen molar-refractivity contribution in [1.29, 1.82) is 0 Å². The summed E-state index contributed by atoms with van der Waals surface area (Å²) in [5, 5.41) is 6.60. The van der Waals surface area contributed by atoms with Crippen molar-refractivity contribution in [2.45, 2.75) is 44.1 Å². The zero-order valence-corrected chi connectivity index (χ0v) is 12.3. The van der Waals surface area contributed by atoms with Gasteiger partial charge in [0.1, 0.15) is 6.04 Å². The fraction of sp³-hybridized carbons (Fsp3) is 0.615. The fourth-order valence-electron chi connectivity index (χ4n) is 2.81. The van der Waals surface area contributed by atoms with E-state index < -0.39 is 0 Å². The molecule has 0 unspecified atom stereocenters. The summed E-state index contributed by atoms with van der Waals surface area (Å²) in [4.78, 5) is 25.8. The van der Waals surface area contributed by atoms with Gasteiger partial charge in [-0.1, -0.05) is 5.16 Å². The van der Waals surface area contributed by atoms with Gasteiger partial charge in [-0.3, -0.25) is 9.59 Å². The van der Waals surface area contributed by atoms with Crippen LogP contribution in [0.15, 0.2) is 10.6 Å². The maximum atomic E-state index is 12.3. The number of aryl methyl sites for hydroxylation is 1. The molecule has 2 atom stereocenters. The molecule has 1 N–H and O–H groups in total. The van der Waals surface area contributed by atoms with E-state index in [2.05, 4.69) is 10.5 Å². The van der Waals surface area contributed by atoms with Crippen molar-refractivity contribution in [3.05, 3.63) is 17.5 Å². The van der Waals surface area contributed by atoms with Gasteiger partial charge >= 0.3 is 0 Å². The standard InChI is InChI=1S/C13H17N3O3S/c1-8-5-9(19-15-8)6-14-12(18)10-7-20-13(2)4-3-11(17)16(10)13/h5,10H,3-4,6-7H2,1-2H3,(H,14,18)/t10-,13-/m1/s1. The van der Waals surface area contributed by atoms with E-state index in [9.17, 15) is 9.59 Å². The Bertz CT molecular complexity index is 559. The van der Waals surface area contributed by atoms with Crippen LogP contribution in [0, 0.1) is 6.92 Å². The molecule has 1 aromatic heterocycles. The molecule has 0 bridgehead atoms. The molecule has 0 radical (unpaired) electrons. The molecule has 2 fully saturated rings. The summed E-state index contributed by atoms with van der Waals surface area (Å²) in [5.41, 5.74) is 0.785. The minimum atomic E-state index is -0.371. The molecule has 20 heavy (non-hydrogen) atoms. The van der Waals surface area contributed by atoms with Crippen LogP contribution in [0.25, 0.3) is 0 Å². The molecule has 2 aliphatic heterocycles. The molecule has 3 rings (SSSR count). The fourth-order valence-corrected chi connectivity index (χ4v) is 4.24. The normalized spacial score (nSPS) is 28.8. The van der Waals surface area contributed by atoms with Crippen molar-refractivity contribution in [1.82, 2.24) is 15.4 Å². The minimum Gasteiger partial charge on any atom is -0.359 e. The summed E-state index contributed by atoms with van der Waals surface area (Å²) >= 11 is 1.69. The molecule has 0 spiro atoms. The summed E-state index contributed by atoms with van der Waals surface area (Å²) in [6, 6.07) is 1.42. The Morgan fingerprint density at radius 2 is 2.50 bits per heavy atom. The minimum absolute atomic E-state index is 0.0770. The van der Waals surface area contributed by atoms with E-state index in [4.69, 9.17) is 4.52 Å². The van der Waals surface area contributed by atoms with Crippen LogP contribution in [-0.2, 0) is 16.1 Å². The zero-order valence-electron chi connectivity index (χ0n) is 11.5. The van der Waals surface area contributed by atoms with Gasteiger partial charge < -0.3 is 14.7 Å². The predicted molar refractivity (Wildman–Crippen MR) is 73.8 cm³/mol. The summed E-state index contributed by atoms with van der Waals surface area (Å²) in [5.74, 6) is 1.24. The lowest BCUT2D eigenvalue weighted by Gasteiger charge is -2.29. The third-order valence-electron chi connectivity index (χ3n) is 3.86. The SMILES string of the molecule is Cc1cc(CNC(=O)[C@H]2CS[C@]3(C)CCC(=O)N23)on1. The summed E-state index contributed by atoms with van der Waals surface area (Å²) in [6.45, 7) is 4.17. The van der Waals surface area contributed by atoms with E-state index in [1.165, 1.54) is 0 Å². The molecule has 2 amide bonds. The first kappa shape index (κ1) is 13.5. The van der Waals surface area contributed by atoms with E-state index in [1.807, 2.05) is 13.8 Å². The highest BCUT2D eigenvalue weighted by Gasteiger charge is 2.52. The Balaban J connectivity index is 1.64. The second-order valence-corrected chi connectivity index (χ2v) is 6.92. The van der Waals surface area contributed by atoms with Crippen molar-refractivity contribution in [2.24, 2.45) is 0 Å². The predicted octanol–water partition coefficient (Wildman–Crippen LogP) is 1.05. The van der Waals surface area contributed by atoms with Gasteiger partial charge in [-0.05, 0) is 20.3 Å². The molecule has 6 nitrogen and oxygen atoms in total. The number of amides is 2. The molecule has 0 aliphatic carbocycles. The lowest BCUT2D eigenvalue weighted by Crippen LogP contribution is -2.49. The number of hydrogen-bond donors (Lipinski definition) is 1. The van der Waals surface area contributed by atoms with Crippen LogP contribution >= 0.6 is 11.8 Å². The largest absolute Gasteiger partial charge is 0.359 e. The van der Waals surface area contributed by atoms with Gasteiger partial charge in [0, 0.05) is 18.2 Å². The molecular weight excluding hydrogens is 278 g/mol. The van der Waals surface area contributed by atoms with Crippen LogP contribution in [-0.4, -0.2) is 38.5 Å². The number of rotatable bonds is 3. The van der Waals surface area contributed by atoms with Gasteiger partial charge in [-0.25, -0.2) is 0 Å². The summed E-state index contributed by atoms with van der Waals surface area (Å²) in [7, 11) is 0. The van der Waals surface area contributed by atoms with Crippen molar-refractivity contribution in [2.75, 3.05) is 5.75 Å². The Morgan fingerprint density at radius 3 is 3.20 bits per heavy atom. The van der Waals surface area contributed by atoms with Crippen LogP contribution < -0.4 is 5.32 Å². The molecule has 7 heteroatoms. The first-order valence-electron chi connectivity index (χ1n) is 6.66. The van der Waals surface area contributed by atoms with Crippen molar-refractivity contribution < 1.29 is 14.1 Å². The molecule has 108 valence electrons. The molecule has 0 aromatic carbocycles. The zero-order chi connectivity index (χ0) is 14.3. The number of nitrogens with zero attached hydrogens (tertiary/aromatic N) is 2. The summed E-state index contributed by atoms with van der Waals surface area (Å²) < 4.78 is 5.05. The Hall–Kier alpha value is -1.50. The van der Waals surface area contributed by atoms with Crippen molar-refractivity contribution >= 4 is 23.6 Å². The highest BCUT2D eigenvalue weighted by molar-refractivity contribution is 8.01. The number of nitrogens with one attached hydrogen (secondary N) is 1. The van der Waals surface area contributed by atoms with Gasteiger partial charge in [0.05, 0.1) is 17.1 Å². The van der Waals surface area contributed by atoms with Crippen LogP contribution in [0.2, 0.25) is 0 Å². The first-order chi connectivity index (χ1) is 9.49. The van der Waals surface area contributed by atoms with Gasteiger partial charge in [0.15, 0.2) is 5.76 Å². The van der Waals surface area contributed by atoms with E-state index in [1.54, 1.807) is 22.7 Å². The van der Waals surface area contributed by atoms with Gasteiger partial charge in [-0.15, -0.1) is 11.8 Å². The third kappa shape index (κ3) is 2.19. The number of carbonyl (C=O) groups is 2. The Morgan fingerprint density at radius 1 is 1.70 bits per heavy atom. The maximum Gasteiger partial charge on any atom is 0.244 e. The Labute approximate surface area is 121 Å². The molecular formula is C13H17N3O3S. The van der Waals surface area contributed by atoms with E-state index >= 15 is 0 Å². The topological polar surface area (TPSA) is 75.4 Å². The van der Waals surface area contributed by atoms with Crippen molar-refractivity contribution in [3.63, 3.8) is 0 Å². The molecule has 2 saturated heterocycles. The van der Waals surface area contributed by atoms with Gasteiger partial charge in [-0.2, -0.15) is 0 Å². The van der Waals surface area contributed by atoms with E-state index in [0.717, 1.165) is 12.1 Å². The van der Waals surface area contributed by atoms with Gasteiger partial charge in [0.2, 0.25) is 11.8 Å². The lowest BCUT2D eigenvalue weighted by molar-refractivity contribution is -0.138. The molecule has 0 saturated carbocycles. The third-order valence-corrected chi connectivity index (χ3v) is 5.37. The van der Waals surface area contributed by atoms with Gasteiger partial charge in [0.25, 0.3) is 0 Å². The van der Waals surface area contributed by atoms with E-state index in [0.29, 0.717) is 24.5 Å². The number of thioether (sulfide) groups is 1. The van der Waals surface area contributed by atoms with Crippen LogP contribution in [0.3, 0.4) is 0 Å². The monoisotopic (exact) mass is 295 g/mol. The first-order valence-corrected chi connectivity index (χ1v) is 7.64. The van der Waals surface area contributed by atoms with Crippen LogP contribution in [0.5, 0.6) is 0 Å². The smallest absolute Gasteiger partial charge is 0.244 e. The number of fused-ring (bicyclic) bond motifs is 1.